The van der Waals surface area contributed by atoms with Gasteiger partial charge in [0.1, 0.15) is 11.6 Å². The quantitative estimate of drug-likeness (QED) is 0.938. The molecule has 18 heavy (non-hydrogen) atoms. The number of pyridine rings is 1. The second-order valence-corrected chi connectivity index (χ2v) is 4.72. The zero-order valence-electron chi connectivity index (χ0n) is 9.73. The highest BCUT2D eigenvalue weighted by molar-refractivity contribution is 9.10. The molecule has 1 aromatic carbocycles. The van der Waals surface area contributed by atoms with E-state index in [1.807, 2.05) is 13.0 Å². The topological polar surface area (TPSA) is 48.1 Å². The molecule has 0 aliphatic carbocycles. The molecule has 2 N–H and O–H groups in total. The molecule has 0 radical (unpaired) electrons. The Morgan fingerprint density at radius 3 is 2.83 bits per heavy atom. The molecule has 0 saturated carbocycles. The maximum Gasteiger partial charge on any atom is 0.223 e. The van der Waals surface area contributed by atoms with Crippen LogP contribution in [0.3, 0.4) is 0 Å². The lowest BCUT2D eigenvalue weighted by atomic mass is 10.1. The van der Waals surface area contributed by atoms with Crippen molar-refractivity contribution >= 4 is 15.9 Å². The molecule has 0 aliphatic rings. The summed E-state index contributed by atoms with van der Waals surface area (Å²) in [7, 11) is 0. The minimum Gasteiger partial charge on any atom is -0.439 e. The average molecular weight is 311 g/mol. The molecule has 2 rings (SSSR count). The highest BCUT2D eigenvalue weighted by Crippen LogP contribution is 2.28. The first kappa shape index (κ1) is 13.0. The number of hydrogen-bond acceptors (Lipinski definition) is 3. The smallest absolute Gasteiger partial charge is 0.223 e. The average Bonchev–Trinajstić information content (AvgIpc) is 2.34. The molecule has 0 fully saturated rings. The van der Waals surface area contributed by atoms with E-state index in [4.69, 9.17) is 10.5 Å². The third kappa shape index (κ3) is 2.86. The molecule has 1 heterocycles. The van der Waals surface area contributed by atoms with E-state index in [-0.39, 0.29) is 11.9 Å². The molecule has 0 aliphatic heterocycles. The van der Waals surface area contributed by atoms with Crippen molar-refractivity contribution in [2.75, 3.05) is 0 Å². The fourth-order valence-electron chi connectivity index (χ4n) is 1.49. The second-order valence-electron chi connectivity index (χ2n) is 3.86. The molecule has 1 atom stereocenters. The summed E-state index contributed by atoms with van der Waals surface area (Å²) in [6, 6.07) is 7.89. The Hall–Kier alpha value is -1.46. The van der Waals surface area contributed by atoms with Gasteiger partial charge in [-0.1, -0.05) is 6.07 Å². The van der Waals surface area contributed by atoms with Crippen molar-refractivity contribution in [3.8, 4) is 11.6 Å². The van der Waals surface area contributed by atoms with Gasteiger partial charge in [0.05, 0.1) is 4.47 Å². The van der Waals surface area contributed by atoms with E-state index in [1.165, 1.54) is 6.07 Å². The minimum atomic E-state index is -0.337. The van der Waals surface area contributed by atoms with Gasteiger partial charge in [0.25, 0.3) is 0 Å². The molecule has 1 aromatic heterocycles. The van der Waals surface area contributed by atoms with Crippen molar-refractivity contribution in [1.82, 2.24) is 4.98 Å². The van der Waals surface area contributed by atoms with Gasteiger partial charge in [-0.25, -0.2) is 9.37 Å². The van der Waals surface area contributed by atoms with Gasteiger partial charge in [0, 0.05) is 17.8 Å². The first-order valence-electron chi connectivity index (χ1n) is 5.41. The Morgan fingerprint density at radius 1 is 1.39 bits per heavy atom. The molecule has 0 bridgehead atoms. The van der Waals surface area contributed by atoms with Gasteiger partial charge in [-0.2, -0.15) is 0 Å². The Balaban J connectivity index is 2.31. The van der Waals surface area contributed by atoms with Crippen molar-refractivity contribution in [3.05, 3.63) is 52.4 Å². The SMILES string of the molecule is C[C@H](N)c1cccnc1Oc1ccc(F)c(Br)c1. The monoisotopic (exact) mass is 310 g/mol. The van der Waals surface area contributed by atoms with Crippen LogP contribution in [0.4, 0.5) is 4.39 Å². The normalized spacial score (nSPS) is 12.2. The van der Waals surface area contributed by atoms with Crippen LogP contribution in [0, 0.1) is 5.82 Å². The number of hydrogen-bond donors (Lipinski definition) is 1. The van der Waals surface area contributed by atoms with Crippen LogP contribution < -0.4 is 10.5 Å². The van der Waals surface area contributed by atoms with Crippen LogP contribution in [-0.4, -0.2) is 4.98 Å². The maximum absolute atomic E-state index is 13.1. The van der Waals surface area contributed by atoms with E-state index in [0.717, 1.165) is 5.56 Å². The summed E-state index contributed by atoms with van der Waals surface area (Å²) >= 11 is 3.11. The number of nitrogens with zero attached hydrogens (tertiary/aromatic N) is 1. The van der Waals surface area contributed by atoms with Crippen LogP contribution in [0.25, 0.3) is 0 Å². The zero-order valence-corrected chi connectivity index (χ0v) is 11.3. The molecule has 2 aromatic rings. The van der Waals surface area contributed by atoms with Gasteiger partial charge >= 0.3 is 0 Å². The van der Waals surface area contributed by atoms with E-state index in [9.17, 15) is 4.39 Å². The zero-order chi connectivity index (χ0) is 13.1. The van der Waals surface area contributed by atoms with Crippen molar-refractivity contribution in [2.24, 2.45) is 5.73 Å². The molecule has 0 unspecified atom stereocenters. The lowest BCUT2D eigenvalue weighted by Crippen LogP contribution is -2.07. The number of rotatable bonds is 3. The lowest BCUT2D eigenvalue weighted by molar-refractivity contribution is 0.450. The fraction of sp³-hybridized carbons (Fsp3) is 0.154. The molecule has 3 nitrogen and oxygen atoms in total. The van der Waals surface area contributed by atoms with Crippen molar-refractivity contribution < 1.29 is 9.13 Å². The summed E-state index contributed by atoms with van der Waals surface area (Å²) in [5.74, 6) is 0.602. The predicted octanol–water partition coefficient (Wildman–Crippen LogP) is 3.80. The van der Waals surface area contributed by atoms with Crippen molar-refractivity contribution in [3.63, 3.8) is 0 Å². The molecule has 94 valence electrons. The van der Waals surface area contributed by atoms with E-state index < -0.39 is 0 Å². The maximum atomic E-state index is 13.1. The third-order valence-electron chi connectivity index (χ3n) is 2.40. The molecule has 0 amide bonds. The molecule has 0 saturated heterocycles. The Bertz CT molecular complexity index is 560. The van der Waals surface area contributed by atoms with Gasteiger partial charge in [0.2, 0.25) is 5.88 Å². The molecule has 0 spiro atoms. The second kappa shape index (κ2) is 5.46. The predicted molar refractivity (Wildman–Crippen MR) is 71.0 cm³/mol. The van der Waals surface area contributed by atoms with Crippen LogP contribution in [0.15, 0.2) is 41.0 Å². The van der Waals surface area contributed by atoms with Crippen LogP contribution in [0.2, 0.25) is 0 Å². The summed E-state index contributed by atoms with van der Waals surface area (Å²) in [5, 5.41) is 0. The van der Waals surface area contributed by atoms with E-state index in [0.29, 0.717) is 16.1 Å². The minimum absolute atomic E-state index is 0.183. The molecular formula is C13H12BrFN2O. The summed E-state index contributed by atoms with van der Waals surface area (Å²) in [6.07, 6.45) is 1.62. The number of benzene rings is 1. The summed E-state index contributed by atoms with van der Waals surface area (Å²) in [5.41, 5.74) is 6.64. The van der Waals surface area contributed by atoms with Crippen LogP contribution in [0.5, 0.6) is 11.6 Å². The lowest BCUT2D eigenvalue weighted by Gasteiger charge is -2.12. The van der Waals surface area contributed by atoms with Gasteiger partial charge in [-0.05, 0) is 47.1 Å². The summed E-state index contributed by atoms with van der Waals surface area (Å²) < 4.78 is 19.1. The largest absolute Gasteiger partial charge is 0.439 e. The van der Waals surface area contributed by atoms with Crippen LogP contribution >= 0.6 is 15.9 Å². The van der Waals surface area contributed by atoms with Gasteiger partial charge in [-0.15, -0.1) is 0 Å². The van der Waals surface area contributed by atoms with Gasteiger partial charge in [0.15, 0.2) is 0 Å². The Morgan fingerprint density at radius 2 is 2.17 bits per heavy atom. The van der Waals surface area contributed by atoms with Gasteiger partial charge < -0.3 is 10.5 Å². The highest BCUT2D eigenvalue weighted by Gasteiger charge is 2.10. The number of aromatic nitrogens is 1. The third-order valence-corrected chi connectivity index (χ3v) is 3.00. The number of halogens is 2. The van der Waals surface area contributed by atoms with E-state index in [1.54, 1.807) is 24.4 Å². The molecular weight excluding hydrogens is 299 g/mol. The molecule has 5 heteroatoms. The Kier molecular flexibility index (Phi) is 3.93. The van der Waals surface area contributed by atoms with Crippen molar-refractivity contribution in [1.29, 1.82) is 0 Å². The Labute approximate surface area is 113 Å². The fourth-order valence-corrected chi connectivity index (χ4v) is 1.84. The van der Waals surface area contributed by atoms with Crippen molar-refractivity contribution in [2.45, 2.75) is 13.0 Å². The number of nitrogens with two attached hydrogens (primary N) is 1. The first-order valence-corrected chi connectivity index (χ1v) is 6.20. The van der Waals surface area contributed by atoms with Gasteiger partial charge in [-0.3, -0.25) is 0 Å². The van der Waals surface area contributed by atoms with E-state index in [2.05, 4.69) is 20.9 Å². The van der Waals surface area contributed by atoms with Crippen LogP contribution in [0.1, 0.15) is 18.5 Å². The first-order chi connectivity index (χ1) is 8.58. The summed E-state index contributed by atoms with van der Waals surface area (Å²) in [6.45, 7) is 1.85. The number of ether oxygens (including phenoxy) is 1. The summed E-state index contributed by atoms with van der Waals surface area (Å²) in [4.78, 5) is 4.14. The highest BCUT2D eigenvalue weighted by atomic mass is 79.9. The van der Waals surface area contributed by atoms with Crippen LogP contribution in [-0.2, 0) is 0 Å². The standard InChI is InChI=1S/C13H12BrFN2O/c1-8(16)10-3-2-6-17-13(10)18-9-4-5-12(15)11(14)7-9/h2-8H,16H2,1H3/t8-/m0/s1. The van der Waals surface area contributed by atoms with E-state index >= 15 is 0 Å².